The second kappa shape index (κ2) is 9.06. The van der Waals surface area contributed by atoms with Crippen LogP contribution in [0.15, 0.2) is 97.2 Å². The third-order valence-electron chi connectivity index (χ3n) is 5.43. The summed E-state index contributed by atoms with van der Waals surface area (Å²) < 4.78 is 22.3. The molecule has 0 aliphatic rings. The van der Waals surface area contributed by atoms with Crippen LogP contribution in [-0.4, -0.2) is 23.3 Å². The Labute approximate surface area is 176 Å². The molecule has 4 rings (SSSR count). The predicted octanol–water partition coefficient (Wildman–Crippen LogP) is 5.44. The van der Waals surface area contributed by atoms with E-state index >= 15 is 4.39 Å². The molecule has 0 saturated carbocycles. The molecule has 4 heteroatoms. The van der Waals surface area contributed by atoms with Crippen molar-refractivity contribution in [2.75, 3.05) is 13.7 Å². The van der Waals surface area contributed by atoms with Crippen LogP contribution in [0.5, 0.6) is 0 Å². The zero-order chi connectivity index (χ0) is 20.8. The summed E-state index contributed by atoms with van der Waals surface area (Å²) >= 11 is 0. The van der Waals surface area contributed by atoms with Gasteiger partial charge in [0.05, 0.1) is 5.69 Å². The van der Waals surface area contributed by atoms with Gasteiger partial charge in [0, 0.05) is 19.9 Å². The average Bonchev–Trinajstić information content (AvgIpc) is 3.17. The normalized spacial score (nSPS) is 11.5. The molecule has 0 unspecified atom stereocenters. The number of aromatic nitrogens is 2. The fraction of sp³-hybridized carbons (Fsp3) is 0.192. The summed E-state index contributed by atoms with van der Waals surface area (Å²) in [6.07, 6.45) is 2.80. The number of rotatable bonds is 8. The molecular weight excluding hydrogens is 375 g/mol. The molecule has 1 aromatic heterocycles. The van der Waals surface area contributed by atoms with Crippen molar-refractivity contribution in [1.82, 2.24) is 9.55 Å². The number of nitrogens with zero attached hydrogens (tertiary/aromatic N) is 2. The highest BCUT2D eigenvalue weighted by Crippen LogP contribution is 2.41. The van der Waals surface area contributed by atoms with Gasteiger partial charge in [-0.25, -0.2) is 4.98 Å². The van der Waals surface area contributed by atoms with Gasteiger partial charge in [-0.3, -0.25) is 4.57 Å². The van der Waals surface area contributed by atoms with E-state index in [1.54, 1.807) is 11.7 Å². The van der Waals surface area contributed by atoms with Crippen LogP contribution in [0.25, 0.3) is 0 Å². The van der Waals surface area contributed by atoms with Gasteiger partial charge >= 0.3 is 0 Å². The second-order valence-electron chi connectivity index (χ2n) is 7.28. The van der Waals surface area contributed by atoms with E-state index in [1.165, 1.54) is 0 Å². The minimum atomic E-state index is -0.875. The molecule has 0 aliphatic carbocycles. The van der Waals surface area contributed by atoms with Gasteiger partial charge in [0.2, 0.25) is 0 Å². The number of imidazole rings is 1. The van der Waals surface area contributed by atoms with Gasteiger partial charge in [-0.05, 0) is 29.5 Å². The van der Waals surface area contributed by atoms with Crippen LogP contribution < -0.4 is 0 Å². The van der Waals surface area contributed by atoms with Gasteiger partial charge in [-0.1, -0.05) is 91.0 Å². The number of halogens is 1. The van der Waals surface area contributed by atoms with Gasteiger partial charge in [0.1, 0.15) is 5.54 Å². The molecule has 0 atom stereocenters. The average molecular weight is 400 g/mol. The van der Waals surface area contributed by atoms with Crippen molar-refractivity contribution in [2.45, 2.75) is 18.4 Å². The maximum absolute atomic E-state index is 15.5. The van der Waals surface area contributed by atoms with Crippen LogP contribution >= 0.6 is 0 Å². The highest BCUT2D eigenvalue weighted by molar-refractivity contribution is 5.50. The van der Waals surface area contributed by atoms with Gasteiger partial charge in [0.25, 0.3) is 6.08 Å². The molecular formula is C26H25FN2O. The Morgan fingerprint density at radius 2 is 1.27 bits per heavy atom. The molecule has 30 heavy (non-hydrogen) atoms. The summed E-state index contributed by atoms with van der Waals surface area (Å²) in [6.45, 7) is 0.621. The van der Waals surface area contributed by atoms with Crippen LogP contribution in [-0.2, 0) is 16.7 Å². The number of aryl methyl sites for hydroxylation is 1. The van der Waals surface area contributed by atoms with Gasteiger partial charge < -0.3 is 4.74 Å². The molecule has 0 aliphatic heterocycles. The Balaban J connectivity index is 1.99. The van der Waals surface area contributed by atoms with Crippen LogP contribution in [0.4, 0.5) is 4.39 Å². The molecule has 152 valence electrons. The summed E-state index contributed by atoms with van der Waals surface area (Å²) in [6, 6.07) is 30.1. The molecule has 0 saturated heterocycles. The SMILES string of the molecule is COCCCc1cn(C(c2ccccc2)(c2ccccc2)c2ccccc2)c(F)n1. The third-order valence-corrected chi connectivity index (χ3v) is 5.43. The van der Waals surface area contributed by atoms with Crippen LogP contribution in [0.1, 0.15) is 28.8 Å². The molecule has 0 N–H and O–H groups in total. The second-order valence-corrected chi connectivity index (χ2v) is 7.28. The van der Waals surface area contributed by atoms with E-state index in [2.05, 4.69) is 4.98 Å². The van der Waals surface area contributed by atoms with E-state index in [4.69, 9.17) is 4.74 Å². The van der Waals surface area contributed by atoms with Crippen LogP contribution in [0.2, 0.25) is 0 Å². The highest BCUT2D eigenvalue weighted by atomic mass is 19.1. The maximum Gasteiger partial charge on any atom is 0.290 e. The molecule has 0 spiro atoms. The first-order valence-corrected chi connectivity index (χ1v) is 10.2. The van der Waals surface area contributed by atoms with Crippen LogP contribution in [0.3, 0.4) is 0 Å². The van der Waals surface area contributed by atoms with Crippen molar-refractivity contribution in [1.29, 1.82) is 0 Å². The Morgan fingerprint density at radius 3 is 1.70 bits per heavy atom. The quantitative estimate of drug-likeness (QED) is 0.291. The molecule has 0 bridgehead atoms. The lowest BCUT2D eigenvalue weighted by Gasteiger charge is -2.37. The number of hydrogen-bond donors (Lipinski definition) is 0. The topological polar surface area (TPSA) is 27.1 Å². The highest BCUT2D eigenvalue weighted by Gasteiger charge is 2.40. The van der Waals surface area contributed by atoms with E-state index < -0.39 is 11.6 Å². The maximum atomic E-state index is 15.5. The van der Waals surface area contributed by atoms with Crippen molar-refractivity contribution >= 4 is 0 Å². The summed E-state index contributed by atoms with van der Waals surface area (Å²) in [5.41, 5.74) is 2.77. The fourth-order valence-corrected chi connectivity index (χ4v) is 4.11. The van der Waals surface area contributed by atoms with Crippen molar-refractivity contribution < 1.29 is 9.13 Å². The lowest BCUT2D eigenvalue weighted by Crippen LogP contribution is -2.38. The molecule has 3 aromatic carbocycles. The lowest BCUT2D eigenvalue weighted by molar-refractivity contribution is 0.195. The first kappa shape index (κ1) is 20.0. The number of methoxy groups -OCH3 is 1. The largest absolute Gasteiger partial charge is 0.385 e. The van der Waals surface area contributed by atoms with Crippen LogP contribution in [0, 0.1) is 6.08 Å². The number of benzene rings is 3. The van der Waals surface area contributed by atoms with E-state index in [0.717, 1.165) is 28.8 Å². The molecule has 0 amide bonds. The van der Waals surface area contributed by atoms with Gasteiger partial charge in [0.15, 0.2) is 0 Å². The van der Waals surface area contributed by atoms with Gasteiger partial charge in [-0.2, -0.15) is 4.39 Å². The molecule has 1 heterocycles. The summed E-state index contributed by atoms with van der Waals surface area (Å²) in [5, 5.41) is 0. The molecule has 3 nitrogen and oxygen atoms in total. The zero-order valence-corrected chi connectivity index (χ0v) is 17.0. The number of hydrogen-bond acceptors (Lipinski definition) is 2. The smallest absolute Gasteiger partial charge is 0.290 e. The zero-order valence-electron chi connectivity index (χ0n) is 17.0. The van der Waals surface area contributed by atoms with E-state index in [0.29, 0.717) is 13.0 Å². The molecule has 0 fully saturated rings. The summed E-state index contributed by atoms with van der Waals surface area (Å²) in [5.74, 6) is 0. The van der Waals surface area contributed by atoms with Gasteiger partial charge in [-0.15, -0.1) is 0 Å². The Morgan fingerprint density at radius 1 is 0.800 bits per heavy atom. The Kier molecular flexibility index (Phi) is 6.05. The standard InChI is InChI=1S/C26H25FN2O/c1-30-19-11-18-24-20-29(25(27)28-24)26(21-12-5-2-6-13-21,22-14-7-3-8-15-22)23-16-9-4-10-17-23/h2-10,12-17,20H,11,18-19H2,1H3. The first-order chi connectivity index (χ1) is 14.8. The van der Waals surface area contributed by atoms with Crippen molar-refractivity contribution in [3.63, 3.8) is 0 Å². The van der Waals surface area contributed by atoms with Crippen molar-refractivity contribution in [3.05, 3.63) is 126 Å². The Hall–Kier alpha value is -3.24. The lowest BCUT2D eigenvalue weighted by atomic mass is 9.76. The fourth-order valence-electron chi connectivity index (χ4n) is 4.11. The summed E-state index contributed by atoms with van der Waals surface area (Å²) in [7, 11) is 1.67. The predicted molar refractivity (Wildman–Crippen MR) is 117 cm³/mol. The minimum Gasteiger partial charge on any atom is -0.385 e. The van der Waals surface area contributed by atoms with Crippen molar-refractivity contribution in [3.8, 4) is 0 Å². The molecule has 0 radical (unpaired) electrons. The first-order valence-electron chi connectivity index (χ1n) is 10.2. The minimum absolute atomic E-state index is 0.501. The van der Waals surface area contributed by atoms with E-state index in [1.807, 2.05) is 97.2 Å². The van der Waals surface area contributed by atoms with E-state index in [-0.39, 0.29) is 0 Å². The van der Waals surface area contributed by atoms with Crippen molar-refractivity contribution in [2.24, 2.45) is 0 Å². The molecule has 4 aromatic rings. The number of ether oxygens (including phenoxy) is 1. The van der Waals surface area contributed by atoms with E-state index in [9.17, 15) is 0 Å². The summed E-state index contributed by atoms with van der Waals surface area (Å²) in [4.78, 5) is 4.27. The Bertz CT molecular complexity index is 966. The monoisotopic (exact) mass is 400 g/mol. The third kappa shape index (κ3) is 3.66.